The Morgan fingerprint density at radius 3 is 3.07 bits per heavy atom. The number of nitrogens with zero attached hydrogens (tertiary/aromatic N) is 1. The minimum atomic E-state index is 0.227. The molecule has 1 aliphatic rings. The van der Waals surface area contributed by atoms with Crippen molar-refractivity contribution in [3.63, 3.8) is 0 Å². The highest BCUT2D eigenvalue weighted by molar-refractivity contribution is 5.88. The van der Waals surface area contributed by atoms with E-state index in [9.17, 15) is 0 Å². The summed E-state index contributed by atoms with van der Waals surface area (Å²) in [6.07, 6.45) is 0.917. The van der Waals surface area contributed by atoms with E-state index in [1.165, 1.54) is 0 Å². The maximum Gasteiger partial charge on any atom is 0.123 e. The van der Waals surface area contributed by atoms with E-state index in [-0.39, 0.29) is 5.92 Å². The normalized spacial score (nSPS) is 21.2. The maximum absolute atomic E-state index is 5.86. The molecular weight excluding hydrogens is 176 g/mol. The van der Waals surface area contributed by atoms with Crippen molar-refractivity contribution in [2.75, 3.05) is 13.7 Å². The van der Waals surface area contributed by atoms with E-state index in [4.69, 9.17) is 10.5 Å². The molecule has 0 aliphatic carbocycles. The minimum absolute atomic E-state index is 0.227. The average Bonchev–Trinajstić information content (AvgIpc) is 2.27. The molecule has 1 atom stereocenters. The fraction of sp³-hybridized carbons (Fsp3) is 0.364. The van der Waals surface area contributed by atoms with Crippen LogP contribution in [0.15, 0.2) is 29.3 Å². The van der Waals surface area contributed by atoms with Crippen molar-refractivity contribution in [1.82, 2.24) is 0 Å². The van der Waals surface area contributed by atoms with Crippen LogP contribution in [-0.4, -0.2) is 19.5 Å². The molecule has 0 aromatic heterocycles. The summed E-state index contributed by atoms with van der Waals surface area (Å²) in [5, 5.41) is 0. The predicted molar refractivity (Wildman–Crippen MR) is 56.8 cm³/mol. The van der Waals surface area contributed by atoms with Crippen LogP contribution in [0.25, 0.3) is 0 Å². The van der Waals surface area contributed by atoms with Gasteiger partial charge in [0, 0.05) is 18.5 Å². The Labute approximate surface area is 83.6 Å². The topological polar surface area (TPSA) is 47.6 Å². The van der Waals surface area contributed by atoms with E-state index in [2.05, 4.69) is 11.1 Å². The Bertz CT molecular complexity index is 360. The molecule has 1 aromatic carbocycles. The third kappa shape index (κ3) is 1.45. The van der Waals surface area contributed by atoms with Gasteiger partial charge in [0.25, 0.3) is 0 Å². The molecule has 1 unspecified atom stereocenters. The van der Waals surface area contributed by atoms with Gasteiger partial charge in [0.2, 0.25) is 0 Å². The molecule has 3 heteroatoms. The summed E-state index contributed by atoms with van der Waals surface area (Å²) < 4.78 is 5.54. The molecule has 2 rings (SSSR count). The molecule has 0 amide bonds. The van der Waals surface area contributed by atoms with Crippen molar-refractivity contribution in [1.29, 1.82) is 0 Å². The molecule has 1 aromatic rings. The average molecular weight is 190 g/mol. The quantitative estimate of drug-likeness (QED) is 0.539. The van der Waals surface area contributed by atoms with Gasteiger partial charge in [-0.15, -0.1) is 0 Å². The lowest BCUT2D eigenvalue weighted by Crippen LogP contribution is -2.27. The first-order valence-corrected chi connectivity index (χ1v) is 4.77. The highest BCUT2D eigenvalue weighted by Gasteiger charge is 2.23. The zero-order valence-electron chi connectivity index (χ0n) is 8.23. The molecule has 74 valence electrons. The number of fused-ring (bicyclic) bond motifs is 1. The first-order chi connectivity index (χ1) is 6.83. The van der Waals surface area contributed by atoms with Gasteiger partial charge in [0.1, 0.15) is 11.6 Å². The van der Waals surface area contributed by atoms with E-state index >= 15 is 0 Å². The lowest BCUT2D eigenvalue weighted by Gasteiger charge is -2.25. The number of aliphatic imine (C=N–C) groups is 1. The molecule has 0 spiro atoms. The Hall–Kier alpha value is -1.51. The maximum atomic E-state index is 5.86. The van der Waals surface area contributed by atoms with Crippen molar-refractivity contribution in [3.8, 4) is 5.75 Å². The largest absolute Gasteiger partial charge is 0.493 e. The lowest BCUT2D eigenvalue weighted by molar-refractivity contribution is 0.282. The van der Waals surface area contributed by atoms with Gasteiger partial charge in [0.05, 0.1) is 6.61 Å². The third-order valence-corrected chi connectivity index (χ3v) is 2.57. The van der Waals surface area contributed by atoms with Crippen LogP contribution in [0.5, 0.6) is 5.75 Å². The first kappa shape index (κ1) is 9.06. The Kier molecular flexibility index (Phi) is 2.39. The molecule has 0 fully saturated rings. The van der Waals surface area contributed by atoms with Crippen LogP contribution in [0.2, 0.25) is 0 Å². The van der Waals surface area contributed by atoms with E-state index in [1.807, 2.05) is 18.2 Å². The van der Waals surface area contributed by atoms with Gasteiger partial charge >= 0.3 is 0 Å². The SMILES string of the molecule is CN=C(N)C1CCOc2ccccc21. The van der Waals surface area contributed by atoms with E-state index in [0.717, 1.165) is 24.3 Å². The van der Waals surface area contributed by atoms with Crippen molar-refractivity contribution in [2.45, 2.75) is 12.3 Å². The van der Waals surface area contributed by atoms with Gasteiger partial charge in [0.15, 0.2) is 0 Å². The molecule has 2 N–H and O–H groups in total. The van der Waals surface area contributed by atoms with Gasteiger partial charge < -0.3 is 10.5 Å². The second-order valence-electron chi connectivity index (χ2n) is 3.38. The number of hydrogen-bond acceptors (Lipinski definition) is 2. The predicted octanol–water partition coefficient (Wildman–Crippen LogP) is 1.54. The summed E-state index contributed by atoms with van der Waals surface area (Å²) >= 11 is 0. The van der Waals surface area contributed by atoms with Crippen molar-refractivity contribution in [3.05, 3.63) is 29.8 Å². The summed E-state index contributed by atoms with van der Waals surface area (Å²) in [4.78, 5) is 4.05. The summed E-state index contributed by atoms with van der Waals surface area (Å²) in [6.45, 7) is 0.720. The van der Waals surface area contributed by atoms with Crippen LogP contribution in [0.1, 0.15) is 17.9 Å². The van der Waals surface area contributed by atoms with E-state index in [0.29, 0.717) is 5.84 Å². The summed E-state index contributed by atoms with van der Waals surface area (Å²) in [5.41, 5.74) is 7.01. The van der Waals surface area contributed by atoms with Gasteiger partial charge in [-0.25, -0.2) is 0 Å². The monoisotopic (exact) mass is 190 g/mol. The number of benzene rings is 1. The Morgan fingerprint density at radius 2 is 2.29 bits per heavy atom. The molecule has 0 saturated carbocycles. The van der Waals surface area contributed by atoms with E-state index in [1.54, 1.807) is 7.05 Å². The molecule has 1 heterocycles. The highest BCUT2D eigenvalue weighted by Crippen LogP contribution is 2.33. The summed E-state index contributed by atoms with van der Waals surface area (Å²) in [7, 11) is 1.73. The number of ether oxygens (including phenoxy) is 1. The highest BCUT2D eigenvalue weighted by atomic mass is 16.5. The zero-order valence-corrected chi connectivity index (χ0v) is 8.23. The van der Waals surface area contributed by atoms with Crippen molar-refractivity contribution < 1.29 is 4.74 Å². The van der Waals surface area contributed by atoms with Crippen LogP contribution in [0.3, 0.4) is 0 Å². The number of nitrogens with two attached hydrogens (primary N) is 1. The Morgan fingerprint density at radius 1 is 1.50 bits per heavy atom. The smallest absolute Gasteiger partial charge is 0.123 e. The second kappa shape index (κ2) is 3.70. The molecular formula is C11H14N2O. The molecule has 14 heavy (non-hydrogen) atoms. The van der Waals surface area contributed by atoms with Crippen LogP contribution in [0, 0.1) is 0 Å². The molecule has 0 bridgehead atoms. The lowest BCUT2D eigenvalue weighted by atomic mass is 9.92. The number of hydrogen-bond donors (Lipinski definition) is 1. The van der Waals surface area contributed by atoms with Gasteiger partial charge in [-0.1, -0.05) is 18.2 Å². The van der Waals surface area contributed by atoms with Gasteiger partial charge in [-0.05, 0) is 12.5 Å². The number of para-hydroxylation sites is 1. The minimum Gasteiger partial charge on any atom is -0.493 e. The number of rotatable bonds is 1. The molecule has 3 nitrogen and oxygen atoms in total. The summed E-state index contributed by atoms with van der Waals surface area (Å²) in [5.74, 6) is 1.86. The van der Waals surface area contributed by atoms with Crippen LogP contribution >= 0.6 is 0 Å². The van der Waals surface area contributed by atoms with E-state index < -0.39 is 0 Å². The standard InChI is InChI=1S/C11H14N2O/c1-13-11(12)9-6-7-14-10-5-3-2-4-8(9)10/h2-5,9H,6-7H2,1H3,(H2,12,13). The fourth-order valence-electron chi connectivity index (χ4n) is 1.81. The van der Waals surface area contributed by atoms with Crippen LogP contribution in [-0.2, 0) is 0 Å². The molecule has 0 saturated heterocycles. The second-order valence-corrected chi connectivity index (χ2v) is 3.38. The van der Waals surface area contributed by atoms with Gasteiger partial charge in [-0.3, -0.25) is 4.99 Å². The van der Waals surface area contributed by atoms with Crippen LogP contribution in [0.4, 0.5) is 0 Å². The summed E-state index contributed by atoms with van der Waals surface area (Å²) in [6, 6.07) is 8.01. The van der Waals surface area contributed by atoms with Crippen LogP contribution < -0.4 is 10.5 Å². The first-order valence-electron chi connectivity index (χ1n) is 4.77. The number of amidine groups is 1. The van der Waals surface area contributed by atoms with Crippen molar-refractivity contribution >= 4 is 5.84 Å². The molecule has 0 radical (unpaired) electrons. The third-order valence-electron chi connectivity index (χ3n) is 2.57. The fourth-order valence-corrected chi connectivity index (χ4v) is 1.81. The molecule has 1 aliphatic heterocycles. The van der Waals surface area contributed by atoms with Crippen molar-refractivity contribution in [2.24, 2.45) is 10.7 Å². The zero-order chi connectivity index (χ0) is 9.97. The Balaban J connectivity index is 2.40. The van der Waals surface area contributed by atoms with Gasteiger partial charge in [-0.2, -0.15) is 0 Å².